The van der Waals surface area contributed by atoms with Gasteiger partial charge < -0.3 is 14.3 Å². The Kier molecular flexibility index (Phi) is 3.88. The van der Waals surface area contributed by atoms with Crippen molar-refractivity contribution in [1.29, 1.82) is 0 Å². The summed E-state index contributed by atoms with van der Waals surface area (Å²) in [5, 5.41) is 0. The van der Waals surface area contributed by atoms with Gasteiger partial charge in [-0.2, -0.15) is 4.98 Å². The fraction of sp³-hybridized carbons (Fsp3) is 0.364. The number of oxazole rings is 1. The largest absolute Gasteiger partial charge is 0.423 e. The molecule has 0 unspecified atom stereocenters. The molecule has 27 heavy (non-hydrogen) atoms. The van der Waals surface area contributed by atoms with Crippen molar-refractivity contribution in [2.24, 2.45) is 0 Å². The summed E-state index contributed by atoms with van der Waals surface area (Å²) in [6, 6.07) is 15.3. The number of fused-ring (bicyclic) bond motifs is 2. The molecule has 0 amide bonds. The average molecular weight is 360 g/mol. The number of para-hydroxylation sites is 2. The van der Waals surface area contributed by atoms with Gasteiger partial charge in [-0.15, -0.1) is 0 Å². The molecular weight excluding hydrogens is 336 g/mol. The van der Waals surface area contributed by atoms with Crippen molar-refractivity contribution in [2.75, 3.05) is 18.0 Å². The maximum absolute atomic E-state index is 6.02. The van der Waals surface area contributed by atoms with E-state index in [1.165, 1.54) is 5.56 Å². The molecule has 0 radical (unpaired) electrons. The fourth-order valence-electron chi connectivity index (χ4n) is 3.94. The summed E-state index contributed by atoms with van der Waals surface area (Å²) in [4.78, 5) is 15.3. The van der Waals surface area contributed by atoms with Crippen LogP contribution in [-0.2, 0) is 0 Å². The summed E-state index contributed by atoms with van der Waals surface area (Å²) < 4.78 is 6.02. The smallest absolute Gasteiger partial charge is 0.298 e. The zero-order valence-corrected chi connectivity index (χ0v) is 15.8. The van der Waals surface area contributed by atoms with Gasteiger partial charge in [0.25, 0.3) is 6.01 Å². The first-order chi connectivity index (χ1) is 13.2. The quantitative estimate of drug-likeness (QED) is 0.545. The van der Waals surface area contributed by atoms with E-state index in [-0.39, 0.29) is 0 Å². The lowest BCUT2D eigenvalue weighted by molar-refractivity contribution is 0.457. The number of imidazole rings is 1. The van der Waals surface area contributed by atoms with Crippen molar-refractivity contribution in [3.8, 4) is 0 Å². The molecule has 0 saturated carbocycles. The van der Waals surface area contributed by atoms with Crippen molar-refractivity contribution in [3.63, 3.8) is 0 Å². The molecule has 5 rings (SSSR count). The number of hydrogen-bond donors (Lipinski definition) is 1. The number of H-pyrrole nitrogens is 1. The molecule has 4 aromatic rings. The number of rotatable bonds is 3. The third-order valence-electron chi connectivity index (χ3n) is 5.63. The van der Waals surface area contributed by atoms with E-state index in [1.807, 2.05) is 18.2 Å². The second kappa shape index (κ2) is 6.41. The standard InChI is InChI=1S/C22H24N4O/c1-14(2)16-7-8-20-19(13-16)25-22(27-20)26-11-9-15(10-12-26)21-23-17-5-3-4-6-18(17)24-21/h3-8,13-15H,9-12H2,1-2H3,(H,23,24). The Bertz CT molecular complexity index is 1050. The summed E-state index contributed by atoms with van der Waals surface area (Å²) in [6.45, 7) is 6.27. The summed E-state index contributed by atoms with van der Waals surface area (Å²) in [5.41, 5.74) is 5.29. The van der Waals surface area contributed by atoms with Crippen molar-refractivity contribution in [1.82, 2.24) is 15.0 Å². The second-order valence-corrected chi connectivity index (χ2v) is 7.78. The minimum absolute atomic E-state index is 0.463. The van der Waals surface area contributed by atoms with E-state index in [0.29, 0.717) is 11.8 Å². The second-order valence-electron chi connectivity index (χ2n) is 7.78. The lowest BCUT2D eigenvalue weighted by Gasteiger charge is -2.29. The van der Waals surface area contributed by atoms with Crippen LogP contribution in [0, 0.1) is 0 Å². The molecule has 0 bridgehead atoms. The number of aromatic amines is 1. The van der Waals surface area contributed by atoms with Crippen molar-refractivity contribution >= 4 is 28.1 Å². The molecule has 0 atom stereocenters. The van der Waals surface area contributed by atoms with Gasteiger partial charge in [-0.05, 0) is 48.6 Å². The van der Waals surface area contributed by atoms with E-state index in [0.717, 1.165) is 59.9 Å². The molecule has 138 valence electrons. The van der Waals surface area contributed by atoms with Gasteiger partial charge in [0.1, 0.15) is 11.3 Å². The predicted molar refractivity (Wildman–Crippen MR) is 108 cm³/mol. The molecule has 0 spiro atoms. The van der Waals surface area contributed by atoms with Crippen LogP contribution >= 0.6 is 0 Å². The van der Waals surface area contributed by atoms with Crippen molar-refractivity contribution in [3.05, 3.63) is 53.9 Å². The van der Waals surface area contributed by atoms with Crippen LogP contribution in [0.4, 0.5) is 6.01 Å². The van der Waals surface area contributed by atoms with Crippen LogP contribution in [-0.4, -0.2) is 28.0 Å². The van der Waals surface area contributed by atoms with Gasteiger partial charge in [-0.25, -0.2) is 4.98 Å². The van der Waals surface area contributed by atoms with Crippen molar-refractivity contribution in [2.45, 2.75) is 38.5 Å². The molecule has 1 N–H and O–H groups in total. The average Bonchev–Trinajstić information content (AvgIpc) is 3.31. The maximum atomic E-state index is 6.02. The Morgan fingerprint density at radius 1 is 1.04 bits per heavy atom. The molecule has 0 aliphatic carbocycles. The lowest BCUT2D eigenvalue weighted by Crippen LogP contribution is -2.33. The molecule has 1 aliphatic heterocycles. The van der Waals surface area contributed by atoms with Gasteiger partial charge in [0.05, 0.1) is 11.0 Å². The van der Waals surface area contributed by atoms with E-state index in [4.69, 9.17) is 14.4 Å². The minimum atomic E-state index is 0.463. The molecule has 3 heterocycles. The SMILES string of the molecule is CC(C)c1ccc2oc(N3CCC(c4nc5ccccc5[nH]4)CC3)nc2c1. The van der Waals surface area contributed by atoms with Gasteiger partial charge in [0, 0.05) is 19.0 Å². The highest BCUT2D eigenvalue weighted by Gasteiger charge is 2.25. The number of piperidine rings is 1. The number of benzene rings is 2. The van der Waals surface area contributed by atoms with Gasteiger partial charge in [0.2, 0.25) is 0 Å². The van der Waals surface area contributed by atoms with Gasteiger partial charge in [0.15, 0.2) is 5.58 Å². The minimum Gasteiger partial charge on any atom is -0.423 e. The highest BCUT2D eigenvalue weighted by Crippen LogP contribution is 2.32. The van der Waals surface area contributed by atoms with Crippen LogP contribution in [0.3, 0.4) is 0 Å². The van der Waals surface area contributed by atoms with Gasteiger partial charge >= 0.3 is 0 Å². The topological polar surface area (TPSA) is 58.0 Å². The number of nitrogens with one attached hydrogen (secondary N) is 1. The van der Waals surface area contributed by atoms with Crippen LogP contribution in [0.15, 0.2) is 46.9 Å². The fourth-order valence-corrected chi connectivity index (χ4v) is 3.94. The zero-order valence-electron chi connectivity index (χ0n) is 15.8. The molecule has 2 aromatic carbocycles. The Morgan fingerprint density at radius 2 is 1.85 bits per heavy atom. The number of anilines is 1. The third kappa shape index (κ3) is 2.97. The molecule has 5 heteroatoms. The number of nitrogens with zero attached hydrogens (tertiary/aromatic N) is 3. The molecule has 5 nitrogen and oxygen atoms in total. The number of aromatic nitrogens is 3. The highest BCUT2D eigenvalue weighted by atomic mass is 16.4. The van der Waals surface area contributed by atoms with E-state index >= 15 is 0 Å². The third-order valence-corrected chi connectivity index (χ3v) is 5.63. The van der Waals surface area contributed by atoms with Crippen LogP contribution in [0.5, 0.6) is 0 Å². The number of hydrogen-bond acceptors (Lipinski definition) is 4. The van der Waals surface area contributed by atoms with E-state index in [9.17, 15) is 0 Å². The first-order valence-electron chi connectivity index (χ1n) is 9.77. The molecule has 1 fully saturated rings. The molecule has 2 aromatic heterocycles. The monoisotopic (exact) mass is 360 g/mol. The Balaban J connectivity index is 1.33. The highest BCUT2D eigenvalue weighted by molar-refractivity contribution is 5.76. The predicted octanol–water partition coefficient (Wildman–Crippen LogP) is 5.21. The molecule has 1 aliphatic rings. The Labute approximate surface area is 158 Å². The summed E-state index contributed by atoms with van der Waals surface area (Å²) in [7, 11) is 0. The first kappa shape index (κ1) is 16.4. The van der Waals surface area contributed by atoms with Crippen LogP contribution < -0.4 is 4.90 Å². The summed E-state index contributed by atoms with van der Waals surface area (Å²) >= 11 is 0. The molecular formula is C22H24N4O. The summed E-state index contributed by atoms with van der Waals surface area (Å²) in [5.74, 6) is 2.06. The van der Waals surface area contributed by atoms with Crippen LogP contribution in [0.25, 0.3) is 22.1 Å². The Hall–Kier alpha value is -2.82. The Morgan fingerprint density at radius 3 is 2.63 bits per heavy atom. The zero-order chi connectivity index (χ0) is 18.4. The molecule has 1 saturated heterocycles. The van der Waals surface area contributed by atoms with E-state index in [1.54, 1.807) is 0 Å². The van der Waals surface area contributed by atoms with Gasteiger partial charge in [-0.3, -0.25) is 0 Å². The van der Waals surface area contributed by atoms with E-state index < -0.39 is 0 Å². The van der Waals surface area contributed by atoms with Crippen LogP contribution in [0.1, 0.15) is 49.9 Å². The van der Waals surface area contributed by atoms with Gasteiger partial charge in [-0.1, -0.05) is 32.0 Å². The maximum Gasteiger partial charge on any atom is 0.298 e. The normalized spacial score (nSPS) is 16.0. The van der Waals surface area contributed by atoms with Crippen LogP contribution in [0.2, 0.25) is 0 Å². The lowest BCUT2D eigenvalue weighted by atomic mass is 9.96. The summed E-state index contributed by atoms with van der Waals surface area (Å²) in [6.07, 6.45) is 2.10. The van der Waals surface area contributed by atoms with Crippen molar-refractivity contribution < 1.29 is 4.42 Å². The first-order valence-corrected chi connectivity index (χ1v) is 9.77. The van der Waals surface area contributed by atoms with E-state index in [2.05, 4.69) is 48.0 Å².